The highest BCUT2D eigenvalue weighted by atomic mass is 35.5. The Bertz CT molecular complexity index is 538. The van der Waals surface area contributed by atoms with E-state index in [4.69, 9.17) is 27.9 Å². The third kappa shape index (κ3) is 2.33. The molecule has 1 aromatic carbocycles. The summed E-state index contributed by atoms with van der Waals surface area (Å²) in [6.45, 7) is 0. The van der Waals surface area contributed by atoms with Crippen LogP contribution in [0, 0.1) is 0 Å². The van der Waals surface area contributed by atoms with Gasteiger partial charge in [0.05, 0.1) is 5.02 Å². The van der Waals surface area contributed by atoms with Gasteiger partial charge in [-0.2, -0.15) is 13.2 Å². The van der Waals surface area contributed by atoms with Crippen molar-refractivity contribution in [2.75, 3.05) is 0 Å². The van der Waals surface area contributed by atoms with Gasteiger partial charge in [-0.1, -0.05) is 23.2 Å². The van der Waals surface area contributed by atoms with Gasteiger partial charge in [-0.3, -0.25) is 4.79 Å². The molecule has 0 aromatic heterocycles. The molecule has 1 aliphatic rings. The quantitative estimate of drug-likeness (QED) is 0.735. The summed E-state index contributed by atoms with van der Waals surface area (Å²) in [4.78, 5) is 10.7. The van der Waals surface area contributed by atoms with Crippen molar-refractivity contribution in [1.29, 1.82) is 0 Å². The summed E-state index contributed by atoms with van der Waals surface area (Å²) in [5, 5.41) is 0.210. The first-order valence-corrected chi connectivity index (χ1v) is 5.47. The van der Waals surface area contributed by atoms with Gasteiger partial charge in [-0.05, 0) is 18.2 Å². The lowest BCUT2D eigenvalue weighted by Crippen LogP contribution is -2.38. The maximum atomic E-state index is 12.7. The number of hydrogen-bond acceptors (Lipinski definition) is 2. The van der Waals surface area contributed by atoms with E-state index in [2.05, 4.69) is 0 Å². The first-order chi connectivity index (χ1) is 8.32. The predicted molar refractivity (Wildman–Crippen MR) is 61.0 cm³/mol. The first kappa shape index (κ1) is 13.2. The van der Waals surface area contributed by atoms with Gasteiger partial charge in [0.25, 0.3) is 0 Å². The molecule has 1 aliphatic heterocycles. The third-order valence-corrected chi connectivity index (χ3v) is 2.83. The number of rotatable bonds is 1. The van der Waals surface area contributed by atoms with Crippen molar-refractivity contribution < 1.29 is 22.7 Å². The van der Waals surface area contributed by atoms with E-state index in [0.717, 1.165) is 6.08 Å². The molecule has 1 aromatic rings. The topological polar surface area (TPSA) is 26.3 Å². The van der Waals surface area contributed by atoms with Crippen LogP contribution in [0.1, 0.15) is 5.56 Å². The Balaban J connectivity index is 2.57. The molecule has 1 heterocycles. The van der Waals surface area contributed by atoms with Crippen molar-refractivity contribution in [2.24, 2.45) is 0 Å². The zero-order chi connectivity index (χ0) is 13.5. The van der Waals surface area contributed by atoms with Crippen LogP contribution in [0.5, 0.6) is 5.75 Å². The van der Waals surface area contributed by atoms with Crippen LogP contribution in [0.4, 0.5) is 13.2 Å². The number of ether oxygens (including phenoxy) is 1. The molecule has 96 valence electrons. The number of alkyl halides is 3. The van der Waals surface area contributed by atoms with E-state index in [1.54, 1.807) is 0 Å². The second kappa shape index (κ2) is 4.48. The van der Waals surface area contributed by atoms with Gasteiger partial charge < -0.3 is 4.74 Å². The molecule has 0 amide bonds. The van der Waals surface area contributed by atoms with E-state index >= 15 is 0 Å². The fourth-order valence-electron chi connectivity index (χ4n) is 1.60. The lowest BCUT2D eigenvalue weighted by Gasteiger charge is -2.27. The molecule has 0 aliphatic carbocycles. The third-order valence-electron chi connectivity index (χ3n) is 2.33. The van der Waals surface area contributed by atoms with Gasteiger partial charge in [0.2, 0.25) is 6.10 Å². The van der Waals surface area contributed by atoms with Crippen molar-refractivity contribution in [1.82, 2.24) is 0 Å². The summed E-state index contributed by atoms with van der Waals surface area (Å²) in [5.74, 6) is -0.131. The molecule has 0 saturated heterocycles. The van der Waals surface area contributed by atoms with E-state index in [-0.39, 0.29) is 27.6 Å². The summed E-state index contributed by atoms with van der Waals surface area (Å²) in [6.07, 6.45) is -5.81. The fourth-order valence-corrected chi connectivity index (χ4v) is 2.16. The molecule has 2 rings (SSSR count). The van der Waals surface area contributed by atoms with Crippen LogP contribution >= 0.6 is 23.2 Å². The second-order valence-electron chi connectivity index (χ2n) is 3.61. The van der Waals surface area contributed by atoms with Gasteiger partial charge in [0.15, 0.2) is 0 Å². The molecule has 0 N–H and O–H groups in total. The van der Waals surface area contributed by atoms with Crippen LogP contribution in [-0.2, 0) is 4.79 Å². The van der Waals surface area contributed by atoms with Crippen LogP contribution in [-0.4, -0.2) is 18.6 Å². The SMILES string of the molecule is O=CC1=Cc2cc(Cl)cc(Cl)c2OC1C(F)(F)F. The zero-order valence-electron chi connectivity index (χ0n) is 8.59. The van der Waals surface area contributed by atoms with Crippen LogP contribution < -0.4 is 4.74 Å². The normalized spacial score (nSPS) is 18.7. The second-order valence-corrected chi connectivity index (χ2v) is 4.45. The highest BCUT2D eigenvalue weighted by Gasteiger charge is 2.46. The minimum Gasteiger partial charge on any atom is -0.474 e. The molecule has 1 unspecified atom stereocenters. The minimum atomic E-state index is -4.69. The van der Waals surface area contributed by atoms with E-state index in [0.29, 0.717) is 0 Å². The maximum Gasteiger partial charge on any atom is 0.429 e. The number of aldehydes is 1. The van der Waals surface area contributed by atoms with Crippen molar-refractivity contribution in [3.05, 3.63) is 33.3 Å². The molecule has 0 spiro atoms. The predicted octanol–water partition coefficient (Wildman–Crippen LogP) is 3.90. The van der Waals surface area contributed by atoms with E-state index < -0.39 is 17.9 Å². The van der Waals surface area contributed by atoms with Crippen molar-refractivity contribution >= 4 is 35.6 Å². The summed E-state index contributed by atoms with van der Waals surface area (Å²) in [7, 11) is 0. The molecule has 2 nitrogen and oxygen atoms in total. The van der Waals surface area contributed by atoms with Crippen molar-refractivity contribution in [3.8, 4) is 5.75 Å². The average Bonchev–Trinajstić information content (AvgIpc) is 2.25. The van der Waals surface area contributed by atoms with Gasteiger partial charge >= 0.3 is 6.18 Å². The Labute approximate surface area is 110 Å². The number of carbonyl (C=O) groups excluding carboxylic acids is 1. The van der Waals surface area contributed by atoms with E-state index in [9.17, 15) is 18.0 Å². The van der Waals surface area contributed by atoms with Crippen LogP contribution in [0.25, 0.3) is 6.08 Å². The van der Waals surface area contributed by atoms with Crippen LogP contribution in [0.3, 0.4) is 0 Å². The molecular weight excluding hydrogens is 292 g/mol. The van der Waals surface area contributed by atoms with Crippen molar-refractivity contribution in [2.45, 2.75) is 12.3 Å². The Morgan fingerprint density at radius 3 is 2.50 bits per heavy atom. The maximum absolute atomic E-state index is 12.7. The van der Waals surface area contributed by atoms with E-state index in [1.807, 2.05) is 0 Å². The minimum absolute atomic E-state index is 0.0343. The summed E-state index contributed by atoms with van der Waals surface area (Å²) in [6, 6.07) is 2.65. The number of halogens is 5. The van der Waals surface area contributed by atoms with Crippen molar-refractivity contribution in [3.63, 3.8) is 0 Å². The number of benzene rings is 1. The largest absolute Gasteiger partial charge is 0.474 e. The standard InChI is InChI=1S/C11H5Cl2F3O2/c12-7-2-5-1-6(4-17)10(11(14,15)16)18-9(5)8(13)3-7/h1-4,10H. The molecule has 18 heavy (non-hydrogen) atoms. The Hall–Kier alpha value is -1.20. The lowest BCUT2D eigenvalue weighted by atomic mass is 10.0. The Kier molecular flexibility index (Phi) is 3.29. The van der Waals surface area contributed by atoms with E-state index in [1.165, 1.54) is 12.1 Å². The number of hydrogen-bond donors (Lipinski definition) is 0. The van der Waals surface area contributed by atoms with Gasteiger partial charge in [0, 0.05) is 16.2 Å². The molecular formula is C11H5Cl2F3O2. The highest BCUT2D eigenvalue weighted by molar-refractivity contribution is 6.36. The Morgan fingerprint density at radius 2 is 1.94 bits per heavy atom. The molecule has 0 radical (unpaired) electrons. The summed E-state index contributed by atoms with van der Waals surface area (Å²) in [5.41, 5.74) is -0.275. The molecule has 0 fully saturated rings. The summed E-state index contributed by atoms with van der Waals surface area (Å²) >= 11 is 11.5. The van der Waals surface area contributed by atoms with Gasteiger partial charge in [-0.25, -0.2) is 0 Å². The monoisotopic (exact) mass is 296 g/mol. The average molecular weight is 297 g/mol. The van der Waals surface area contributed by atoms with Gasteiger partial charge in [-0.15, -0.1) is 0 Å². The summed E-state index contributed by atoms with van der Waals surface area (Å²) < 4.78 is 42.8. The lowest BCUT2D eigenvalue weighted by molar-refractivity contribution is -0.184. The van der Waals surface area contributed by atoms with Crippen LogP contribution in [0.2, 0.25) is 10.0 Å². The number of fused-ring (bicyclic) bond motifs is 1. The molecule has 0 bridgehead atoms. The highest BCUT2D eigenvalue weighted by Crippen LogP contribution is 2.41. The zero-order valence-corrected chi connectivity index (χ0v) is 10.1. The smallest absolute Gasteiger partial charge is 0.429 e. The number of carbonyl (C=O) groups is 1. The molecule has 1 atom stereocenters. The van der Waals surface area contributed by atoms with Crippen LogP contribution in [0.15, 0.2) is 17.7 Å². The first-order valence-electron chi connectivity index (χ1n) is 4.72. The Morgan fingerprint density at radius 1 is 1.28 bits per heavy atom. The fraction of sp³-hybridized carbons (Fsp3) is 0.182. The van der Waals surface area contributed by atoms with Gasteiger partial charge in [0.1, 0.15) is 12.0 Å². The molecule has 0 saturated carbocycles. The molecule has 7 heteroatoms.